The predicted octanol–water partition coefficient (Wildman–Crippen LogP) is 5.67. The number of furan rings is 1. The van der Waals surface area contributed by atoms with Crippen LogP contribution in [-0.2, 0) is 0 Å². The van der Waals surface area contributed by atoms with Crippen LogP contribution in [0.15, 0.2) is 65.3 Å². The molecule has 0 aliphatic heterocycles. The number of anilines is 2. The molecule has 0 radical (unpaired) electrons. The number of hydrogen-bond donors (Lipinski definition) is 2. The average molecular weight is 403 g/mol. The molecule has 3 N–H and O–H groups in total. The minimum absolute atomic E-state index is 0.208. The van der Waals surface area contributed by atoms with Crippen LogP contribution in [0.4, 0.5) is 11.4 Å². The van der Waals surface area contributed by atoms with Gasteiger partial charge in [0, 0.05) is 23.8 Å². The molecule has 154 valence electrons. The Morgan fingerprint density at radius 2 is 1.77 bits per heavy atom. The van der Waals surface area contributed by atoms with E-state index in [1.807, 2.05) is 51.1 Å². The van der Waals surface area contributed by atoms with E-state index >= 15 is 0 Å². The first-order valence-corrected chi connectivity index (χ1v) is 9.74. The molecular formula is C24H25N3O3. The van der Waals surface area contributed by atoms with Crippen molar-refractivity contribution in [1.29, 1.82) is 0 Å². The summed E-state index contributed by atoms with van der Waals surface area (Å²) in [5, 5.41) is 3.71. The van der Waals surface area contributed by atoms with Crippen LogP contribution in [0.5, 0.6) is 5.75 Å². The zero-order chi connectivity index (χ0) is 21.7. The van der Waals surface area contributed by atoms with Crippen LogP contribution in [0.2, 0.25) is 0 Å². The van der Waals surface area contributed by atoms with Gasteiger partial charge in [-0.05, 0) is 60.0 Å². The first kappa shape index (κ1) is 20.9. The minimum Gasteiger partial charge on any atom is -0.497 e. The number of amides is 1. The molecule has 0 aliphatic carbocycles. The number of aryl methyl sites for hydroxylation is 1. The van der Waals surface area contributed by atoms with Gasteiger partial charge in [0.15, 0.2) is 5.76 Å². The highest BCUT2D eigenvalue weighted by Crippen LogP contribution is 2.30. The van der Waals surface area contributed by atoms with E-state index in [1.54, 1.807) is 37.7 Å². The molecule has 0 atom stereocenters. The Bertz CT molecular complexity index is 1170. The number of aromatic nitrogens is 1. The Balaban J connectivity index is 0.00000124. The molecule has 0 unspecified atom stereocenters. The molecule has 6 heteroatoms. The zero-order valence-corrected chi connectivity index (χ0v) is 17.5. The van der Waals surface area contributed by atoms with Gasteiger partial charge >= 0.3 is 0 Å². The molecule has 2 heterocycles. The van der Waals surface area contributed by atoms with E-state index in [9.17, 15) is 4.79 Å². The number of ether oxygens (including phenoxy) is 1. The lowest BCUT2D eigenvalue weighted by atomic mass is 10.1. The largest absolute Gasteiger partial charge is 0.497 e. The number of benzene rings is 2. The molecule has 0 bridgehead atoms. The standard InChI is InChI=1S/C22H19N3O3.C2H6/c1-13-9-16(27-2)11-20-17(13)12-21(28-20)22(26)25-19-10-15(3-4-18(19)23)14-5-7-24-8-6-14;1-2/h3-12H,23H2,1-2H3,(H,25,26);1-2H3. The number of pyridine rings is 1. The Kier molecular flexibility index (Phi) is 6.37. The van der Waals surface area contributed by atoms with Crippen LogP contribution >= 0.6 is 0 Å². The Labute approximate surface area is 175 Å². The molecule has 2 aromatic heterocycles. The van der Waals surface area contributed by atoms with E-state index in [1.165, 1.54) is 0 Å². The summed E-state index contributed by atoms with van der Waals surface area (Å²) < 4.78 is 11.0. The maximum absolute atomic E-state index is 12.7. The predicted molar refractivity (Wildman–Crippen MR) is 121 cm³/mol. The van der Waals surface area contributed by atoms with Crippen molar-refractivity contribution in [2.45, 2.75) is 20.8 Å². The van der Waals surface area contributed by atoms with E-state index in [-0.39, 0.29) is 11.7 Å². The van der Waals surface area contributed by atoms with Crippen LogP contribution in [0, 0.1) is 6.92 Å². The van der Waals surface area contributed by atoms with Gasteiger partial charge in [-0.1, -0.05) is 19.9 Å². The van der Waals surface area contributed by atoms with Crippen LogP contribution in [-0.4, -0.2) is 18.0 Å². The lowest BCUT2D eigenvalue weighted by Crippen LogP contribution is -2.12. The monoisotopic (exact) mass is 403 g/mol. The van der Waals surface area contributed by atoms with E-state index in [0.717, 1.165) is 22.1 Å². The third kappa shape index (κ3) is 4.27. The van der Waals surface area contributed by atoms with Crippen molar-refractivity contribution in [1.82, 2.24) is 4.98 Å². The molecule has 0 saturated carbocycles. The number of hydrogen-bond acceptors (Lipinski definition) is 5. The zero-order valence-electron chi connectivity index (χ0n) is 17.5. The van der Waals surface area contributed by atoms with Gasteiger partial charge in [0.25, 0.3) is 5.91 Å². The third-order valence-electron chi connectivity index (χ3n) is 4.59. The van der Waals surface area contributed by atoms with Crippen LogP contribution in [0.3, 0.4) is 0 Å². The molecule has 4 aromatic rings. The summed E-state index contributed by atoms with van der Waals surface area (Å²) in [6.45, 7) is 5.94. The van der Waals surface area contributed by atoms with Gasteiger partial charge in [-0.15, -0.1) is 0 Å². The summed E-state index contributed by atoms with van der Waals surface area (Å²) in [6, 6.07) is 14.7. The average Bonchev–Trinajstić information content (AvgIpc) is 3.22. The number of nitrogens with zero attached hydrogens (tertiary/aromatic N) is 1. The first-order valence-electron chi connectivity index (χ1n) is 9.74. The lowest BCUT2D eigenvalue weighted by molar-refractivity contribution is 0.0998. The Morgan fingerprint density at radius 1 is 1.03 bits per heavy atom. The van der Waals surface area contributed by atoms with Gasteiger partial charge in [0.05, 0.1) is 18.5 Å². The van der Waals surface area contributed by atoms with E-state index in [4.69, 9.17) is 14.9 Å². The number of methoxy groups -OCH3 is 1. The number of nitrogens with one attached hydrogen (secondary N) is 1. The molecule has 6 nitrogen and oxygen atoms in total. The smallest absolute Gasteiger partial charge is 0.291 e. The maximum Gasteiger partial charge on any atom is 0.291 e. The fraction of sp³-hybridized carbons (Fsp3) is 0.167. The Morgan fingerprint density at radius 3 is 2.47 bits per heavy atom. The lowest BCUT2D eigenvalue weighted by Gasteiger charge is -2.09. The van der Waals surface area contributed by atoms with Gasteiger partial charge in [0.1, 0.15) is 11.3 Å². The molecule has 0 aliphatic rings. The molecule has 30 heavy (non-hydrogen) atoms. The fourth-order valence-electron chi connectivity index (χ4n) is 3.08. The van der Waals surface area contributed by atoms with E-state index in [2.05, 4.69) is 10.3 Å². The van der Waals surface area contributed by atoms with Gasteiger partial charge in [-0.2, -0.15) is 0 Å². The number of nitrogens with two attached hydrogens (primary N) is 1. The molecule has 4 rings (SSSR count). The second-order valence-corrected chi connectivity index (χ2v) is 6.46. The van der Waals surface area contributed by atoms with Crippen molar-refractivity contribution >= 4 is 28.3 Å². The topological polar surface area (TPSA) is 90.4 Å². The van der Waals surface area contributed by atoms with Crippen LogP contribution in [0.1, 0.15) is 30.0 Å². The highest BCUT2D eigenvalue weighted by Gasteiger charge is 2.16. The summed E-state index contributed by atoms with van der Waals surface area (Å²) in [7, 11) is 1.59. The molecule has 0 saturated heterocycles. The van der Waals surface area contributed by atoms with Gasteiger partial charge < -0.3 is 20.2 Å². The summed E-state index contributed by atoms with van der Waals surface area (Å²) in [5.41, 5.74) is 10.5. The number of nitrogen functional groups attached to an aromatic ring is 1. The van der Waals surface area contributed by atoms with Gasteiger partial charge in [0.2, 0.25) is 0 Å². The molecule has 2 aromatic carbocycles. The Hall–Kier alpha value is -3.80. The van der Waals surface area contributed by atoms with Crippen molar-refractivity contribution in [2.24, 2.45) is 0 Å². The van der Waals surface area contributed by atoms with Crippen LogP contribution in [0.25, 0.3) is 22.1 Å². The summed E-state index contributed by atoms with van der Waals surface area (Å²) in [6.07, 6.45) is 3.43. The van der Waals surface area contributed by atoms with Gasteiger partial charge in [-0.3, -0.25) is 9.78 Å². The normalized spacial score (nSPS) is 10.3. The number of rotatable bonds is 4. The van der Waals surface area contributed by atoms with E-state index < -0.39 is 0 Å². The first-order chi connectivity index (χ1) is 14.5. The van der Waals surface area contributed by atoms with Crippen molar-refractivity contribution in [3.8, 4) is 16.9 Å². The highest BCUT2D eigenvalue weighted by molar-refractivity contribution is 6.06. The maximum atomic E-state index is 12.7. The molecule has 0 spiro atoms. The second kappa shape index (κ2) is 9.13. The summed E-state index contributed by atoms with van der Waals surface area (Å²) in [5.74, 6) is 0.522. The van der Waals surface area contributed by atoms with Crippen molar-refractivity contribution in [3.63, 3.8) is 0 Å². The minimum atomic E-state index is -0.367. The molecule has 0 fully saturated rings. The van der Waals surface area contributed by atoms with Crippen molar-refractivity contribution in [3.05, 3.63) is 72.2 Å². The summed E-state index contributed by atoms with van der Waals surface area (Å²) in [4.78, 5) is 16.8. The number of carbonyl (C=O) groups is 1. The summed E-state index contributed by atoms with van der Waals surface area (Å²) >= 11 is 0. The van der Waals surface area contributed by atoms with Gasteiger partial charge in [-0.25, -0.2) is 0 Å². The molecule has 1 amide bonds. The fourth-order valence-corrected chi connectivity index (χ4v) is 3.08. The van der Waals surface area contributed by atoms with Crippen LogP contribution < -0.4 is 15.8 Å². The third-order valence-corrected chi connectivity index (χ3v) is 4.59. The highest BCUT2D eigenvalue weighted by atomic mass is 16.5. The molecular weight excluding hydrogens is 378 g/mol. The van der Waals surface area contributed by atoms with Crippen molar-refractivity contribution in [2.75, 3.05) is 18.2 Å². The number of carbonyl (C=O) groups excluding carboxylic acids is 1. The van der Waals surface area contributed by atoms with E-state index in [0.29, 0.717) is 22.7 Å². The van der Waals surface area contributed by atoms with Crippen molar-refractivity contribution < 1.29 is 13.9 Å². The quantitative estimate of drug-likeness (QED) is 0.428. The second-order valence-electron chi connectivity index (χ2n) is 6.46. The number of fused-ring (bicyclic) bond motifs is 1. The SMILES string of the molecule is CC.COc1cc(C)c2cc(C(=O)Nc3cc(-c4ccncc4)ccc3N)oc2c1.